The second-order valence-electron chi connectivity index (χ2n) is 18.8. The summed E-state index contributed by atoms with van der Waals surface area (Å²) in [5.41, 5.74) is 0.702. The fourth-order valence-corrected chi connectivity index (χ4v) is 12.7. The highest BCUT2D eigenvalue weighted by molar-refractivity contribution is 8.00. The van der Waals surface area contributed by atoms with Crippen molar-refractivity contribution in [1.82, 2.24) is 26.6 Å². The Kier molecular flexibility index (Phi) is 19.7. The summed E-state index contributed by atoms with van der Waals surface area (Å²) in [4.78, 5) is 76.4. The Morgan fingerprint density at radius 3 is 1.75 bits per heavy atom. The molecule has 4 aromatic rings. The summed E-state index contributed by atoms with van der Waals surface area (Å²) in [5.74, 6) is 1.91. The van der Waals surface area contributed by atoms with Crippen molar-refractivity contribution in [2.24, 2.45) is 0 Å². The first kappa shape index (κ1) is 50.3. The number of anilines is 1. The standard InChI is InChI=1S/C53H72N6O6S2/c60-45(22-10-8-15-32-55-46(61)23-11-9-16-33-56-47(62)24-13-12-21-43-51-41(36-67-43)57-53(65)58-51)54-31-14-6-4-2-1-3-5-7-17-34-66-44-35-48(63)59(52(44)64)42-30-28-39-26-25-37-19-18-20-38-27-29-40(42)50(39)49(37)38/h18-20,25-30,41,43-44,51H,1-17,21-24,31-36H2,(H,54,60)(H,55,61)(H,56,62)(H2,57,58,65)/t41-,43-,44?,51-/m0/s1. The largest absolute Gasteiger partial charge is 0.356 e. The van der Waals surface area contributed by atoms with E-state index in [0.717, 1.165) is 128 Å². The zero-order valence-corrected chi connectivity index (χ0v) is 40.9. The van der Waals surface area contributed by atoms with Crippen LogP contribution in [0.2, 0.25) is 0 Å². The molecular formula is C53H72N6O6S2. The predicted molar refractivity (Wildman–Crippen MR) is 275 cm³/mol. The molecule has 0 aliphatic carbocycles. The van der Waals surface area contributed by atoms with Crippen molar-refractivity contribution >= 4 is 97.1 Å². The maximum atomic E-state index is 13.6. The Morgan fingerprint density at radius 1 is 0.597 bits per heavy atom. The van der Waals surface area contributed by atoms with Crippen LogP contribution in [0.5, 0.6) is 0 Å². The Hall–Kier alpha value is -4.56. The molecule has 0 aromatic heterocycles. The summed E-state index contributed by atoms with van der Waals surface area (Å²) in [6.07, 6.45) is 20.2. The molecule has 7 amide bonds. The number of hydrogen-bond acceptors (Lipinski definition) is 8. The van der Waals surface area contributed by atoms with Gasteiger partial charge in [0.05, 0.1) is 23.0 Å². The third-order valence-electron chi connectivity index (χ3n) is 13.7. The molecule has 4 aromatic carbocycles. The molecule has 0 spiro atoms. The van der Waals surface area contributed by atoms with E-state index in [1.165, 1.54) is 42.4 Å². The van der Waals surface area contributed by atoms with Crippen LogP contribution in [-0.2, 0) is 24.0 Å². The topological polar surface area (TPSA) is 166 Å². The number of amides is 7. The van der Waals surface area contributed by atoms with Crippen molar-refractivity contribution in [2.45, 2.75) is 164 Å². The second-order valence-corrected chi connectivity index (χ2v) is 21.4. The summed E-state index contributed by atoms with van der Waals surface area (Å²) >= 11 is 3.54. The molecule has 67 heavy (non-hydrogen) atoms. The van der Waals surface area contributed by atoms with Crippen LogP contribution in [0.3, 0.4) is 0 Å². The highest BCUT2D eigenvalue weighted by atomic mass is 32.2. The fourth-order valence-electron chi connectivity index (χ4n) is 9.99. The Labute approximate surface area is 405 Å². The number of nitrogens with one attached hydrogen (secondary N) is 5. The van der Waals surface area contributed by atoms with Gasteiger partial charge in [0, 0.05) is 61.7 Å². The van der Waals surface area contributed by atoms with E-state index in [0.29, 0.717) is 43.3 Å². The Morgan fingerprint density at radius 2 is 1.12 bits per heavy atom. The zero-order chi connectivity index (χ0) is 46.8. The van der Waals surface area contributed by atoms with Gasteiger partial charge in [-0.1, -0.05) is 113 Å². The van der Waals surface area contributed by atoms with Gasteiger partial charge in [0.2, 0.25) is 29.5 Å². The molecule has 3 fully saturated rings. The average Bonchev–Trinajstić information content (AvgIpc) is 3.98. The molecule has 7 rings (SSSR count). The quantitative estimate of drug-likeness (QED) is 0.0144. The van der Waals surface area contributed by atoms with Crippen LogP contribution in [0, 0.1) is 0 Å². The number of benzene rings is 4. The van der Waals surface area contributed by atoms with Crippen molar-refractivity contribution in [3.8, 4) is 0 Å². The van der Waals surface area contributed by atoms with Crippen molar-refractivity contribution in [2.75, 3.05) is 36.0 Å². The van der Waals surface area contributed by atoms with E-state index in [4.69, 9.17) is 0 Å². The molecule has 3 heterocycles. The molecule has 0 bridgehead atoms. The van der Waals surface area contributed by atoms with Gasteiger partial charge in [0.25, 0.3) is 0 Å². The number of thioether (sulfide) groups is 2. The molecule has 1 unspecified atom stereocenters. The van der Waals surface area contributed by atoms with E-state index >= 15 is 0 Å². The monoisotopic (exact) mass is 952 g/mol. The van der Waals surface area contributed by atoms with Gasteiger partial charge in [0.1, 0.15) is 0 Å². The number of unbranched alkanes of at least 4 members (excludes halogenated alkanes) is 13. The molecule has 4 atom stereocenters. The maximum Gasteiger partial charge on any atom is 0.315 e. The zero-order valence-electron chi connectivity index (χ0n) is 39.3. The van der Waals surface area contributed by atoms with Gasteiger partial charge >= 0.3 is 6.03 Å². The molecule has 3 aliphatic rings. The van der Waals surface area contributed by atoms with Crippen molar-refractivity contribution in [1.29, 1.82) is 0 Å². The maximum absolute atomic E-state index is 13.6. The minimum absolute atomic E-state index is 0.0602. The van der Waals surface area contributed by atoms with Crippen LogP contribution in [-0.4, -0.2) is 89.3 Å². The normalized spacial score (nSPS) is 19.1. The molecule has 5 N–H and O–H groups in total. The fraction of sp³-hybridized carbons (Fsp3) is 0.585. The lowest BCUT2D eigenvalue weighted by Gasteiger charge is -2.20. The summed E-state index contributed by atoms with van der Waals surface area (Å²) in [6.45, 7) is 2.01. The van der Waals surface area contributed by atoms with Crippen LogP contribution in [0.1, 0.15) is 141 Å². The summed E-state index contributed by atoms with van der Waals surface area (Å²) < 4.78 is 0. The van der Waals surface area contributed by atoms with Crippen LogP contribution in [0.25, 0.3) is 32.3 Å². The molecular weight excluding hydrogens is 881 g/mol. The Balaban J connectivity index is 0.604. The number of nitrogens with zero attached hydrogens (tertiary/aromatic N) is 1. The summed E-state index contributed by atoms with van der Waals surface area (Å²) in [5, 5.41) is 21.8. The lowest BCUT2D eigenvalue weighted by Crippen LogP contribution is -2.36. The number of carbonyl (C=O) groups is 6. The first-order valence-corrected chi connectivity index (χ1v) is 27.5. The van der Waals surface area contributed by atoms with E-state index < -0.39 is 0 Å². The lowest BCUT2D eigenvalue weighted by molar-refractivity contribution is -0.122. The first-order valence-electron chi connectivity index (χ1n) is 25.4. The van der Waals surface area contributed by atoms with Crippen LogP contribution in [0.15, 0.2) is 54.6 Å². The van der Waals surface area contributed by atoms with Gasteiger partial charge < -0.3 is 26.6 Å². The molecule has 362 valence electrons. The number of rotatable bonds is 31. The van der Waals surface area contributed by atoms with Crippen molar-refractivity contribution in [3.05, 3.63) is 54.6 Å². The molecule has 0 radical (unpaired) electrons. The summed E-state index contributed by atoms with van der Waals surface area (Å²) in [7, 11) is 0. The van der Waals surface area contributed by atoms with Gasteiger partial charge in [-0.05, 0) is 90.1 Å². The van der Waals surface area contributed by atoms with E-state index in [1.54, 1.807) is 11.8 Å². The van der Waals surface area contributed by atoms with Crippen molar-refractivity contribution in [3.63, 3.8) is 0 Å². The number of hydrogen-bond donors (Lipinski definition) is 5. The van der Waals surface area contributed by atoms with Gasteiger partial charge in [-0.15, -0.1) is 11.8 Å². The third kappa shape index (κ3) is 14.5. The van der Waals surface area contributed by atoms with E-state index in [1.807, 2.05) is 23.9 Å². The Bertz CT molecular complexity index is 2270. The molecule has 14 heteroatoms. The smallest absolute Gasteiger partial charge is 0.315 e. The minimum Gasteiger partial charge on any atom is -0.356 e. The van der Waals surface area contributed by atoms with Gasteiger partial charge in [-0.2, -0.15) is 11.8 Å². The third-order valence-corrected chi connectivity index (χ3v) is 16.5. The first-order chi connectivity index (χ1) is 32.8. The van der Waals surface area contributed by atoms with Gasteiger partial charge in [-0.25, -0.2) is 9.69 Å². The predicted octanol–water partition coefficient (Wildman–Crippen LogP) is 9.66. The SMILES string of the molecule is O=C(CCCCCNC(=O)CCCCCNC(=O)CCCC[C@@H]1SC[C@@H]2NC(=O)N[C@@H]21)NCCCCCCCCCCCSC1CC(=O)N(c2ccc3ccc4cccc5ccc2c3c45)C1=O. The van der Waals surface area contributed by atoms with E-state index in [-0.39, 0.29) is 59.3 Å². The number of imide groups is 1. The summed E-state index contributed by atoms with van der Waals surface area (Å²) in [6, 6.07) is 19.1. The van der Waals surface area contributed by atoms with Crippen LogP contribution < -0.4 is 31.5 Å². The lowest BCUT2D eigenvalue weighted by atomic mass is 9.93. The number of urea groups is 1. The van der Waals surface area contributed by atoms with E-state index in [2.05, 4.69) is 69.0 Å². The molecule has 0 saturated carbocycles. The second kappa shape index (κ2) is 26.3. The molecule has 3 aliphatic heterocycles. The average molecular weight is 953 g/mol. The minimum atomic E-state index is -0.314. The van der Waals surface area contributed by atoms with Crippen molar-refractivity contribution < 1.29 is 28.8 Å². The molecule has 3 saturated heterocycles. The van der Waals surface area contributed by atoms with Crippen LogP contribution >= 0.6 is 23.5 Å². The van der Waals surface area contributed by atoms with Gasteiger partial charge in [-0.3, -0.25) is 24.0 Å². The number of fused-ring (bicyclic) bond motifs is 1. The van der Waals surface area contributed by atoms with Gasteiger partial charge in [0.15, 0.2) is 0 Å². The van der Waals surface area contributed by atoms with E-state index in [9.17, 15) is 28.8 Å². The van der Waals surface area contributed by atoms with Crippen LogP contribution in [0.4, 0.5) is 10.5 Å². The molecule has 12 nitrogen and oxygen atoms in total. The number of carbonyl (C=O) groups excluding carboxylic acids is 6. The highest BCUT2D eigenvalue weighted by Crippen LogP contribution is 2.41. The highest BCUT2D eigenvalue weighted by Gasteiger charge is 2.43.